The minimum absolute atomic E-state index is 0.0791. The Morgan fingerprint density at radius 1 is 0.974 bits per heavy atom. The van der Waals surface area contributed by atoms with Crippen molar-refractivity contribution in [2.45, 2.75) is 13.0 Å². The number of amides is 2. The molecule has 1 aliphatic heterocycles. The van der Waals surface area contributed by atoms with Gasteiger partial charge in [-0.25, -0.2) is 0 Å². The third kappa shape index (κ3) is 4.48. The second-order valence-corrected chi connectivity index (χ2v) is 9.68. The second-order valence-electron chi connectivity index (χ2n) is 9.27. The number of nitrogens with zero attached hydrogens (tertiary/aromatic N) is 2. The third-order valence-electron chi connectivity index (χ3n) is 6.83. The molecule has 2 amide bonds. The van der Waals surface area contributed by atoms with Crippen LogP contribution >= 0.6 is 11.6 Å². The summed E-state index contributed by atoms with van der Waals surface area (Å²) < 4.78 is 7.73. The van der Waals surface area contributed by atoms with Crippen LogP contribution in [0.5, 0.6) is 11.5 Å². The van der Waals surface area contributed by atoms with Crippen molar-refractivity contribution in [2.75, 3.05) is 40.0 Å². The predicted molar refractivity (Wildman–Crippen MR) is 145 cm³/mol. The van der Waals surface area contributed by atoms with Crippen molar-refractivity contribution in [3.63, 3.8) is 0 Å². The number of carbonyl (C=O) groups is 2. The first-order chi connectivity index (χ1) is 18.3. The molecule has 1 aliphatic rings. The molecule has 198 valence electrons. The summed E-state index contributed by atoms with van der Waals surface area (Å²) in [5.41, 5.74) is 2.82. The topological polar surface area (TPSA) is 124 Å². The van der Waals surface area contributed by atoms with Crippen molar-refractivity contribution in [3.05, 3.63) is 58.6 Å². The van der Waals surface area contributed by atoms with E-state index in [2.05, 4.69) is 5.32 Å². The molecule has 1 aromatic heterocycles. The summed E-state index contributed by atoms with van der Waals surface area (Å²) in [5, 5.41) is 33.7. The molecule has 3 aromatic carbocycles. The van der Waals surface area contributed by atoms with Gasteiger partial charge in [-0.3, -0.25) is 14.9 Å². The number of hydrogen-bond acceptors (Lipinski definition) is 7. The smallest absolute Gasteiger partial charge is 0.259 e. The Labute approximate surface area is 223 Å². The van der Waals surface area contributed by atoms with Gasteiger partial charge in [-0.1, -0.05) is 29.8 Å². The van der Waals surface area contributed by atoms with E-state index in [9.17, 15) is 19.8 Å². The van der Waals surface area contributed by atoms with Gasteiger partial charge in [0.1, 0.15) is 0 Å². The molecular formula is C28H28ClN3O6. The number of phenols is 1. The molecule has 4 N–H and O–H groups in total. The Morgan fingerprint density at radius 2 is 1.74 bits per heavy atom. The van der Waals surface area contributed by atoms with E-state index >= 15 is 0 Å². The molecule has 4 aromatic rings. The van der Waals surface area contributed by atoms with Crippen LogP contribution in [0.25, 0.3) is 32.9 Å². The molecule has 2 heterocycles. The van der Waals surface area contributed by atoms with Gasteiger partial charge in [0.05, 0.1) is 42.0 Å². The Balaban J connectivity index is 1.68. The number of aliphatic hydroxyl groups excluding tert-OH is 2. The molecule has 0 atom stereocenters. The third-order valence-corrected chi connectivity index (χ3v) is 7.16. The Hall–Kier alpha value is -3.63. The van der Waals surface area contributed by atoms with Gasteiger partial charge in [-0.2, -0.15) is 0 Å². The van der Waals surface area contributed by atoms with Crippen LogP contribution in [0.4, 0.5) is 0 Å². The summed E-state index contributed by atoms with van der Waals surface area (Å²) in [5.74, 6) is -0.871. The zero-order valence-corrected chi connectivity index (χ0v) is 21.6. The molecule has 0 unspecified atom stereocenters. The number of halogens is 1. The lowest BCUT2D eigenvalue weighted by Crippen LogP contribution is -2.24. The molecule has 0 fully saturated rings. The summed E-state index contributed by atoms with van der Waals surface area (Å²) in [4.78, 5) is 28.0. The summed E-state index contributed by atoms with van der Waals surface area (Å²) in [7, 11) is 1.91. The van der Waals surface area contributed by atoms with Gasteiger partial charge in [0, 0.05) is 47.1 Å². The van der Waals surface area contributed by atoms with Crippen LogP contribution in [0.3, 0.4) is 0 Å². The summed E-state index contributed by atoms with van der Waals surface area (Å²) in [6.45, 7) is 1.75. The highest BCUT2D eigenvalue weighted by Crippen LogP contribution is 2.44. The number of carbonyl (C=O) groups excluding carboxylic acids is 2. The number of benzene rings is 3. The Morgan fingerprint density at radius 3 is 2.47 bits per heavy atom. The van der Waals surface area contributed by atoms with Crippen LogP contribution in [0, 0.1) is 0 Å². The van der Waals surface area contributed by atoms with E-state index < -0.39 is 11.8 Å². The number of imide groups is 1. The lowest BCUT2D eigenvalue weighted by Gasteiger charge is -2.15. The number of nitrogens with one attached hydrogen (secondary N) is 1. The average molecular weight is 538 g/mol. The zero-order chi connectivity index (χ0) is 27.0. The van der Waals surface area contributed by atoms with Gasteiger partial charge in [0.2, 0.25) is 0 Å². The number of phenolic OH excluding ortho intramolecular Hbond substituents is 1. The standard InChI is InChI=1S/C28H28ClN3O6/c1-31(8-10-33)7-4-12-38-23-15-20-18(14-22(23)35)24-21(32(20)9-11-34)13-17(16-5-2-3-6-19(16)29)25-26(24)28(37)30-27(25)36/h2-3,5-6,13-15,33-35H,4,7-12H2,1H3,(H,30,36,37). The highest BCUT2D eigenvalue weighted by Gasteiger charge is 2.35. The Kier molecular flexibility index (Phi) is 7.27. The molecule has 9 nitrogen and oxygen atoms in total. The van der Waals surface area contributed by atoms with Crippen LogP contribution in [-0.4, -0.2) is 76.6 Å². The largest absolute Gasteiger partial charge is 0.504 e. The van der Waals surface area contributed by atoms with Crippen LogP contribution in [0.2, 0.25) is 5.02 Å². The Bertz CT molecular complexity index is 1560. The van der Waals surface area contributed by atoms with Crippen molar-refractivity contribution in [3.8, 4) is 22.6 Å². The molecule has 0 bridgehead atoms. The van der Waals surface area contributed by atoms with Crippen molar-refractivity contribution >= 4 is 45.2 Å². The van der Waals surface area contributed by atoms with Crippen molar-refractivity contribution in [2.24, 2.45) is 0 Å². The van der Waals surface area contributed by atoms with E-state index in [1.165, 1.54) is 6.07 Å². The van der Waals surface area contributed by atoms with E-state index in [1.54, 1.807) is 36.4 Å². The van der Waals surface area contributed by atoms with E-state index in [0.717, 1.165) is 0 Å². The molecule has 0 radical (unpaired) electrons. The van der Waals surface area contributed by atoms with Crippen LogP contribution in [-0.2, 0) is 6.54 Å². The molecule has 0 saturated heterocycles. The van der Waals surface area contributed by atoms with E-state index in [0.29, 0.717) is 64.1 Å². The number of fused-ring (bicyclic) bond motifs is 5. The lowest BCUT2D eigenvalue weighted by molar-refractivity contribution is 0.0880. The minimum atomic E-state index is -0.529. The first-order valence-electron chi connectivity index (χ1n) is 12.3. The van der Waals surface area contributed by atoms with Crippen molar-refractivity contribution in [1.29, 1.82) is 0 Å². The molecule has 0 spiro atoms. The fourth-order valence-electron chi connectivity index (χ4n) is 5.10. The molecule has 5 rings (SSSR count). The monoisotopic (exact) mass is 537 g/mol. The quantitative estimate of drug-likeness (QED) is 0.180. The molecular weight excluding hydrogens is 510 g/mol. The normalized spacial score (nSPS) is 13.1. The number of rotatable bonds is 10. The number of aromatic hydroxyl groups is 1. The first kappa shape index (κ1) is 26.0. The number of aromatic nitrogens is 1. The van der Waals surface area contributed by atoms with Crippen LogP contribution in [0.1, 0.15) is 27.1 Å². The second kappa shape index (κ2) is 10.6. The summed E-state index contributed by atoms with van der Waals surface area (Å²) in [6.07, 6.45) is 0.685. The SMILES string of the molecule is CN(CCO)CCCOc1cc2c(cc1O)c1c3c(c(-c4ccccc4Cl)cc1n2CCO)C(=O)NC3=O. The maximum atomic E-state index is 13.1. The van der Waals surface area contributed by atoms with Gasteiger partial charge < -0.3 is 29.5 Å². The average Bonchev–Trinajstić information content (AvgIpc) is 3.35. The fraction of sp³-hybridized carbons (Fsp3) is 0.286. The molecule has 0 aliphatic carbocycles. The van der Waals surface area contributed by atoms with E-state index in [4.69, 9.17) is 21.4 Å². The van der Waals surface area contributed by atoms with Gasteiger partial charge in [-0.15, -0.1) is 0 Å². The molecule has 0 saturated carbocycles. The maximum Gasteiger partial charge on any atom is 0.259 e. The van der Waals surface area contributed by atoms with Crippen molar-refractivity contribution in [1.82, 2.24) is 14.8 Å². The highest BCUT2D eigenvalue weighted by molar-refractivity contribution is 6.36. The maximum absolute atomic E-state index is 13.1. The van der Waals surface area contributed by atoms with E-state index in [-0.39, 0.29) is 42.4 Å². The van der Waals surface area contributed by atoms with Gasteiger partial charge >= 0.3 is 0 Å². The van der Waals surface area contributed by atoms with E-state index in [1.807, 2.05) is 16.5 Å². The van der Waals surface area contributed by atoms with Gasteiger partial charge in [0.25, 0.3) is 11.8 Å². The summed E-state index contributed by atoms with van der Waals surface area (Å²) in [6, 6.07) is 12.1. The number of ether oxygens (including phenoxy) is 1. The number of aliphatic hydroxyl groups is 2. The number of likely N-dealkylation sites (N-methyl/N-ethyl adjacent to an activating group) is 1. The lowest BCUT2D eigenvalue weighted by atomic mass is 9.93. The summed E-state index contributed by atoms with van der Waals surface area (Å²) >= 11 is 6.49. The van der Waals surface area contributed by atoms with Crippen molar-refractivity contribution < 1.29 is 29.6 Å². The van der Waals surface area contributed by atoms with Crippen LogP contribution < -0.4 is 10.1 Å². The minimum Gasteiger partial charge on any atom is -0.504 e. The zero-order valence-electron chi connectivity index (χ0n) is 20.8. The molecule has 38 heavy (non-hydrogen) atoms. The molecule has 10 heteroatoms. The predicted octanol–water partition coefficient (Wildman–Crippen LogP) is 3.39. The number of hydrogen-bond donors (Lipinski definition) is 4. The van der Waals surface area contributed by atoms with Gasteiger partial charge in [0.15, 0.2) is 11.5 Å². The first-order valence-corrected chi connectivity index (χ1v) is 12.7. The van der Waals surface area contributed by atoms with Gasteiger partial charge in [-0.05, 0) is 37.2 Å². The highest BCUT2D eigenvalue weighted by atomic mass is 35.5. The fourth-order valence-corrected chi connectivity index (χ4v) is 5.34. The van der Waals surface area contributed by atoms with Crippen LogP contribution in [0.15, 0.2) is 42.5 Å².